The molecule has 0 heterocycles. The van der Waals surface area contributed by atoms with Crippen LogP contribution in [0.3, 0.4) is 0 Å². The molecule has 0 fully saturated rings. The van der Waals surface area contributed by atoms with Crippen LogP contribution in [-0.2, 0) is 0 Å². The third-order valence-corrected chi connectivity index (χ3v) is 1.46. The Balaban J connectivity index is 4.99. The normalized spacial score (nSPS) is 15.4. The van der Waals surface area contributed by atoms with E-state index < -0.39 is 29.9 Å². The highest BCUT2D eigenvalue weighted by molar-refractivity contribution is 5.14. The predicted molar refractivity (Wildman–Crippen MR) is 39.7 cm³/mol. The summed E-state index contributed by atoms with van der Waals surface area (Å²) in [6.45, 7) is 1.33. The second-order valence-electron chi connectivity index (χ2n) is 2.97. The maximum absolute atomic E-state index is 12.6. The second-order valence-corrected chi connectivity index (χ2v) is 2.97. The lowest BCUT2D eigenvalue weighted by Gasteiger charge is -2.16. The van der Waals surface area contributed by atoms with Crippen LogP contribution >= 0.6 is 0 Å². The van der Waals surface area contributed by atoms with Crippen molar-refractivity contribution in [1.82, 2.24) is 0 Å². The van der Waals surface area contributed by atoms with Crippen molar-refractivity contribution in [2.24, 2.45) is 0 Å². The van der Waals surface area contributed by atoms with Gasteiger partial charge in [0.1, 0.15) is 0 Å². The van der Waals surface area contributed by atoms with E-state index in [4.69, 9.17) is 0 Å². The number of halogens is 6. The van der Waals surface area contributed by atoms with Crippen LogP contribution < -0.4 is 0 Å². The van der Waals surface area contributed by atoms with Gasteiger partial charge in [-0.2, -0.15) is 17.6 Å². The van der Waals surface area contributed by atoms with Crippen molar-refractivity contribution in [3.05, 3.63) is 11.7 Å². The Morgan fingerprint density at radius 3 is 1.71 bits per heavy atom. The minimum atomic E-state index is -4.21. The third kappa shape index (κ3) is 3.23. The summed E-state index contributed by atoms with van der Waals surface area (Å²) in [5.41, 5.74) is 0. The molecule has 0 aliphatic rings. The standard InChI is InChI=1S/C8H10F6/c1-3-4-8(13,14)6(10)5(9)7(2,11)12/h3-4H2,1-2H3/b6-5+. The molecule has 0 N–H and O–H groups in total. The van der Waals surface area contributed by atoms with E-state index in [1.54, 1.807) is 0 Å². The molecule has 0 aliphatic heterocycles. The number of hydrogen-bond acceptors (Lipinski definition) is 0. The molecule has 14 heavy (non-hydrogen) atoms. The van der Waals surface area contributed by atoms with Gasteiger partial charge < -0.3 is 0 Å². The maximum atomic E-state index is 12.6. The Morgan fingerprint density at radius 1 is 1.00 bits per heavy atom. The lowest BCUT2D eigenvalue weighted by atomic mass is 10.1. The van der Waals surface area contributed by atoms with E-state index in [1.807, 2.05) is 0 Å². The minimum absolute atomic E-state index is 0.0178. The second kappa shape index (κ2) is 4.23. The van der Waals surface area contributed by atoms with Gasteiger partial charge in [-0.1, -0.05) is 6.92 Å². The summed E-state index contributed by atoms with van der Waals surface area (Å²) < 4.78 is 74.4. The van der Waals surface area contributed by atoms with E-state index >= 15 is 0 Å². The maximum Gasteiger partial charge on any atom is 0.301 e. The van der Waals surface area contributed by atoms with E-state index in [0.29, 0.717) is 0 Å². The number of alkyl halides is 4. The summed E-state index contributed by atoms with van der Waals surface area (Å²) in [5, 5.41) is 0. The molecule has 0 aromatic rings. The first-order chi connectivity index (χ1) is 6.13. The molecule has 0 rings (SSSR count). The van der Waals surface area contributed by atoms with Gasteiger partial charge in [0.15, 0.2) is 0 Å². The Bertz CT molecular complexity index is 224. The Kier molecular flexibility index (Phi) is 4.02. The zero-order chi connectivity index (χ0) is 11.6. The molecule has 0 saturated heterocycles. The van der Waals surface area contributed by atoms with Crippen molar-refractivity contribution < 1.29 is 26.3 Å². The fraction of sp³-hybridized carbons (Fsp3) is 0.750. The van der Waals surface area contributed by atoms with Crippen LogP contribution in [0.25, 0.3) is 0 Å². The molecule has 0 unspecified atom stereocenters. The smallest absolute Gasteiger partial charge is 0.202 e. The lowest BCUT2D eigenvalue weighted by molar-refractivity contribution is -0.0156. The molecule has 0 aromatic heterocycles. The van der Waals surface area contributed by atoms with Gasteiger partial charge in [-0.3, -0.25) is 0 Å². The third-order valence-electron chi connectivity index (χ3n) is 1.46. The van der Waals surface area contributed by atoms with Crippen molar-refractivity contribution in [3.63, 3.8) is 0 Å². The van der Waals surface area contributed by atoms with Gasteiger partial charge in [0.2, 0.25) is 11.7 Å². The molecule has 84 valence electrons. The van der Waals surface area contributed by atoms with Crippen LogP contribution in [0.5, 0.6) is 0 Å². The van der Waals surface area contributed by atoms with Gasteiger partial charge in [0, 0.05) is 13.3 Å². The summed E-state index contributed by atoms with van der Waals surface area (Å²) >= 11 is 0. The van der Waals surface area contributed by atoms with Crippen LogP contribution in [0.1, 0.15) is 26.7 Å². The predicted octanol–water partition coefficient (Wildman–Crippen LogP) is 4.23. The van der Waals surface area contributed by atoms with Crippen LogP contribution in [0.4, 0.5) is 26.3 Å². The highest BCUT2D eigenvalue weighted by atomic mass is 19.3. The molecule has 0 saturated carbocycles. The van der Waals surface area contributed by atoms with Gasteiger partial charge in [-0.15, -0.1) is 0 Å². The van der Waals surface area contributed by atoms with Crippen molar-refractivity contribution in [2.75, 3.05) is 0 Å². The summed E-state index contributed by atoms with van der Waals surface area (Å²) in [7, 11) is 0. The first-order valence-electron chi connectivity index (χ1n) is 3.94. The van der Waals surface area contributed by atoms with E-state index in [1.165, 1.54) is 6.92 Å². The molecule has 0 nitrogen and oxygen atoms in total. The number of allylic oxidation sites excluding steroid dienone is 2. The molecule has 0 atom stereocenters. The van der Waals surface area contributed by atoms with Gasteiger partial charge >= 0.3 is 5.92 Å². The van der Waals surface area contributed by atoms with E-state index in [2.05, 4.69) is 0 Å². The molecule has 0 radical (unpaired) electrons. The summed E-state index contributed by atoms with van der Waals surface area (Å²) in [6.07, 6.45) is -1.13. The van der Waals surface area contributed by atoms with Crippen molar-refractivity contribution in [2.45, 2.75) is 38.5 Å². The summed E-state index contributed by atoms with van der Waals surface area (Å²) in [5.74, 6) is -13.7. The Morgan fingerprint density at radius 2 is 1.43 bits per heavy atom. The lowest BCUT2D eigenvalue weighted by Crippen LogP contribution is -2.22. The highest BCUT2D eigenvalue weighted by Crippen LogP contribution is 2.38. The Labute approximate surface area is 77.6 Å². The fourth-order valence-electron chi connectivity index (χ4n) is 0.777. The summed E-state index contributed by atoms with van der Waals surface area (Å²) in [6, 6.07) is 0. The molecular weight excluding hydrogens is 210 g/mol. The van der Waals surface area contributed by atoms with Gasteiger partial charge in [-0.25, -0.2) is 8.78 Å². The molecule has 0 aliphatic carbocycles. The molecule has 0 spiro atoms. The van der Waals surface area contributed by atoms with Crippen LogP contribution in [0.2, 0.25) is 0 Å². The highest BCUT2D eigenvalue weighted by Gasteiger charge is 2.43. The van der Waals surface area contributed by atoms with Crippen LogP contribution in [0, 0.1) is 0 Å². The summed E-state index contributed by atoms with van der Waals surface area (Å²) in [4.78, 5) is 0. The zero-order valence-electron chi connectivity index (χ0n) is 7.68. The van der Waals surface area contributed by atoms with Gasteiger partial charge in [0.05, 0.1) is 0 Å². The minimum Gasteiger partial charge on any atom is -0.202 e. The molecule has 0 bridgehead atoms. The molecule has 0 amide bonds. The topological polar surface area (TPSA) is 0 Å². The molecule has 6 heteroatoms. The first-order valence-corrected chi connectivity index (χ1v) is 3.94. The largest absolute Gasteiger partial charge is 0.301 e. The van der Waals surface area contributed by atoms with Crippen molar-refractivity contribution >= 4 is 0 Å². The van der Waals surface area contributed by atoms with Crippen molar-refractivity contribution in [3.8, 4) is 0 Å². The fourth-order valence-corrected chi connectivity index (χ4v) is 0.777. The average molecular weight is 220 g/mol. The average Bonchev–Trinajstić information content (AvgIpc) is 2.00. The quantitative estimate of drug-likeness (QED) is 0.622. The SMILES string of the molecule is CCCC(F)(F)/C(F)=C(\F)C(C)(F)F. The van der Waals surface area contributed by atoms with E-state index in [-0.39, 0.29) is 13.3 Å². The first kappa shape index (κ1) is 13.3. The van der Waals surface area contributed by atoms with Crippen LogP contribution in [-0.4, -0.2) is 11.8 Å². The van der Waals surface area contributed by atoms with Crippen molar-refractivity contribution in [1.29, 1.82) is 0 Å². The van der Waals surface area contributed by atoms with E-state index in [9.17, 15) is 26.3 Å². The monoisotopic (exact) mass is 220 g/mol. The Hall–Kier alpha value is -0.680. The zero-order valence-corrected chi connectivity index (χ0v) is 7.68. The molecule has 0 aromatic carbocycles. The number of rotatable bonds is 4. The van der Waals surface area contributed by atoms with E-state index in [0.717, 1.165) is 0 Å². The number of hydrogen-bond donors (Lipinski definition) is 0. The van der Waals surface area contributed by atoms with Gasteiger partial charge in [-0.05, 0) is 6.42 Å². The van der Waals surface area contributed by atoms with Crippen LogP contribution in [0.15, 0.2) is 11.7 Å². The molecular formula is C8H10F6. The van der Waals surface area contributed by atoms with Gasteiger partial charge in [0.25, 0.3) is 5.92 Å².